The third-order valence-electron chi connectivity index (χ3n) is 1.79. The van der Waals surface area contributed by atoms with Crippen LogP contribution >= 0.6 is 0 Å². The van der Waals surface area contributed by atoms with Gasteiger partial charge in [0.25, 0.3) is 0 Å². The Bertz CT molecular complexity index is 199. The zero-order chi connectivity index (χ0) is 9.14. The second-order valence-corrected chi connectivity index (χ2v) is 2.79. The molecule has 0 aromatic heterocycles. The maximum absolute atomic E-state index is 10.8. The molecular formula is C8H12O4. The van der Waals surface area contributed by atoms with E-state index >= 15 is 0 Å². The Morgan fingerprint density at radius 2 is 2.42 bits per heavy atom. The molecule has 0 saturated carbocycles. The van der Waals surface area contributed by atoms with E-state index in [-0.39, 0.29) is 30.6 Å². The van der Waals surface area contributed by atoms with E-state index in [9.17, 15) is 9.59 Å². The van der Waals surface area contributed by atoms with Crippen LogP contribution in [0.4, 0.5) is 0 Å². The number of carbonyl (C=O) groups is 2. The van der Waals surface area contributed by atoms with Crippen molar-refractivity contribution in [2.24, 2.45) is 0 Å². The molecule has 4 nitrogen and oxygen atoms in total. The lowest BCUT2D eigenvalue weighted by Gasteiger charge is -2.14. The highest BCUT2D eigenvalue weighted by atomic mass is 16.6. The highest BCUT2D eigenvalue weighted by Gasteiger charge is 2.35. The summed E-state index contributed by atoms with van der Waals surface area (Å²) >= 11 is 0. The molecule has 1 heterocycles. The first-order valence-corrected chi connectivity index (χ1v) is 4.00. The van der Waals surface area contributed by atoms with Crippen LogP contribution in [0.25, 0.3) is 0 Å². The third kappa shape index (κ3) is 1.96. The summed E-state index contributed by atoms with van der Waals surface area (Å²) in [6, 6.07) is 0. The first-order chi connectivity index (χ1) is 5.63. The number of hydrogen-bond donors (Lipinski definition) is 0. The van der Waals surface area contributed by atoms with Crippen molar-refractivity contribution >= 4 is 11.9 Å². The van der Waals surface area contributed by atoms with Crippen LogP contribution in [-0.2, 0) is 19.1 Å². The molecule has 1 rings (SSSR count). The van der Waals surface area contributed by atoms with E-state index in [2.05, 4.69) is 0 Å². The Morgan fingerprint density at radius 1 is 1.75 bits per heavy atom. The molecule has 0 aliphatic carbocycles. The van der Waals surface area contributed by atoms with Crippen molar-refractivity contribution in [1.29, 1.82) is 0 Å². The van der Waals surface area contributed by atoms with Crippen LogP contribution in [-0.4, -0.2) is 24.1 Å². The second kappa shape index (κ2) is 3.56. The molecule has 12 heavy (non-hydrogen) atoms. The Morgan fingerprint density at radius 3 is 2.92 bits per heavy atom. The molecule has 0 unspecified atom stereocenters. The molecule has 0 spiro atoms. The molecule has 0 radical (unpaired) electrons. The Balaban J connectivity index is 2.51. The summed E-state index contributed by atoms with van der Waals surface area (Å²) < 4.78 is 9.81. The van der Waals surface area contributed by atoms with Gasteiger partial charge in [-0.25, -0.2) is 0 Å². The second-order valence-electron chi connectivity index (χ2n) is 2.79. The lowest BCUT2D eigenvalue weighted by atomic mass is 10.1. The summed E-state index contributed by atoms with van der Waals surface area (Å²) in [4.78, 5) is 21.4. The van der Waals surface area contributed by atoms with Gasteiger partial charge in [-0.1, -0.05) is 6.92 Å². The largest absolute Gasteiger partial charge is 0.458 e. The Labute approximate surface area is 70.8 Å². The lowest BCUT2D eigenvalue weighted by molar-refractivity contribution is -0.150. The summed E-state index contributed by atoms with van der Waals surface area (Å²) in [5.41, 5.74) is 0. The van der Waals surface area contributed by atoms with E-state index in [1.807, 2.05) is 6.92 Å². The third-order valence-corrected chi connectivity index (χ3v) is 1.79. The molecule has 1 aliphatic heterocycles. The number of ether oxygens (including phenoxy) is 2. The van der Waals surface area contributed by atoms with Gasteiger partial charge in [-0.2, -0.15) is 0 Å². The Hall–Kier alpha value is -1.06. The fourth-order valence-corrected chi connectivity index (χ4v) is 1.27. The van der Waals surface area contributed by atoms with Crippen LogP contribution in [0.5, 0.6) is 0 Å². The number of cyclic esters (lactones) is 1. The number of esters is 2. The summed E-state index contributed by atoms with van der Waals surface area (Å²) in [5.74, 6) is -0.648. The van der Waals surface area contributed by atoms with Gasteiger partial charge in [-0.3, -0.25) is 9.59 Å². The van der Waals surface area contributed by atoms with Crippen LogP contribution in [0.1, 0.15) is 26.7 Å². The van der Waals surface area contributed by atoms with E-state index in [0.29, 0.717) is 6.42 Å². The molecule has 0 amide bonds. The molecule has 1 saturated heterocycles. The van der Waals surface area contributed by atoms with Crippen LogP contribution in [0.15, 0.2) is 0 Å². The smallest absolute Gasteiger partial charge is 0.310 e. The Kier molecular flexibility index (Phi) is 2.68. The lowest BCUT2D eigenvalue weighted by Crippen LogP contribution is -2.25. The van der Waals surface area contributed by atoms with Crippen molar-refractivity contribution in [3.8, 4) is 0 Å². The van der Waals surface area contributed by atoms with E-state index in [1.165, 1.54) is 6.92 Å². The number of hydrogen-bond acceptors (Lipinski definition) is 4. The minimum atomic E-state index is -0.375. The molecular weight excluding hydrogens is 160 g/mol. The predicted octanol–water partition coefficient (Wildman–Crippen LogP) is 0.644. The van der Waals surface area contributed by atoms with E-state index < -0.39 is 0 Å². The van der Waals surface area contributed by atoms with Gasteiger partial charge in [-0.15, -0.1) is 0 Å². The van der Waals surface area contributed by atoms with E-state index in [0.717, 1.165) is 0 Å². The summed E-state index contributed by atoms with van der Waals surface area (Å²) in [5, 5.41) is 0. The topological polar surface area (TPSA) is 52.6 Å². The summed E-state index contributed by atoms with van der Waals surface area (Å²) in [6.07, 6.45) is 0.253. The SMILES string of the molecule is CC[C@@H]1OC(=O)C[C@H]1OC(C)=O. The average Bonchev–Trinajstić information content (AvgIpc) is 2.29. The quantitative estimate of drug-likeness (QED) is 0.574. The van der Waals surface area contributed by atoms with Gasteiger partial charge in [0, 0.05) is 6.92 Å². The van der Waals surface area contributed by atoms with Gasteiger partial charge in [0.1, 0.15) is 12.2 Å². The molecule has 1 fully saturated rings. The van der Waals surface area contributed by atoms with Gasteiger partial charge in [0.15, 0.2) is 0 Å². The molecule has 0 bridgehead atoms. The van der Waals surface area contributed by atoms with Gasteiger partial charge in [0.2, 0.25) is 0 Å². The highest BCUT2D eigenvalue weighted by molar-refractivity contribution is 5.74. The van der Waals surface area contributed by atoms with Crippen LogP contribution < -0.4 is 0 Å². The van der Waals surface area contributed by atoms with Crippen molar-refractivity contribution in [1.82, 2.24) is 0 Å². The van der Waals surface area contributed by atoms with Gasteiger partial charge in [-0.05, 0) is 6.42 Å². The molecule has 2 atom stereocenters. The molecule has 68 valence electrons. The van der Waals surface area contributed by atoms with Crippen LogP contribution in [0, 0.1) is 0 Å². The maximum Gasteiger partial charge on any atom is 0.310 e. The van der Waals surface area contributed by atoms with Gasteiger partial charge in [0.05, 0.1) is 6.42 Å². The molecule has 0 N–H and O–H groups in total. The molecule has 0 aromatic carbocycles. The fraction of sp³-hybridized carbons (Fsp3) is 0.750. The zero-order valence-corrected chi connectivity index (χ0v) is 7.20. The van der Waals surface area contributed by atoms with Crippen LogP contribution in [0.2, 0.25) is 0 Å². The number of rotatable bonds is 2. The highest BCUT2D eigenvalue weighted by Crippen LogP contribution is 2.20. The van der Waals surface area contributed by atoms with Crippen LogP contribution in [0.3, 0.4) is 0 Å². The first-order valence-electron chi connectivity index (χ1n) is 4.00. The summed E-state index contributed by atoms with van der Waals surface area (Å²) in [7, 11) is 0. The fourth-order valence-electron chi connectivity index (χ4n) is 1.27. The normalized spacial score (nSPS) is 28.3. The van der Waals surface area contributed by atoms with Gasteiger partial charge < -0.3 is 9.47 Å². The van der Waals surface area contributed by atoms with Crippen molar-refractivity contribution in [2.45, 2.75) is 38.9 Å². The van der Waals surface area contributed by atoms with E-state index in [1.54, 1.807) is 0 Å². The molecule has 0 aromatic rings. The minimum Gasteiger partial charge on any atom is -0.458 e. The minimum absolute atomic E-state index is 0.193. The van der Waals surface area contributed by atoms with Gasteiger partial charge >= 0.3 is 11.9 Å². The zero-order valence-electron chi connectivity index (χ0n) is 7.20. The maximum atomic E-state index is 10.8. The van der Waals surface area contributed by atoms with Crippen molar-refractivity contribution < 1.29 is 19.1 Å². The number of carbonyl (C=O) groups excluding carboxylic acids is 2. The molecule has 1 aliphatic rings. The van der Waals surface area contributed by atoms with Crippen molar-refractivity contribution in [3.05, 3.63) is 0 Å². The average molecular weight is 172 g/mol. The van der Waals surface area contributed by atoms with Crippen molar-refractivity contribution in [3.63, 3.8) is 0 Å². The first kappa shape index (κ1) is 9.03. The standard InChI is InChI=1S/C8H12O4/c1-3-6-7(11-5(2)9)4-8(10)12-6/h6-7H,3-4H2,1-2H3/t6-,7+/m0/s1. The summed E-state index contributed by atoms with van der Waals surface area (Å²) in [6.45, 7) is 3.22. The monoisotopic (exact) mass is 172 g/mol. The predicted molar refractivity (Wildman–Crippen MR) is 40.3 cm³/mol. The molecule has 4 heteroatoms. The van der Waals surface area contributed by atoms with E-state index in [4.69, 9.17) is 9.47 Å². The van der Waals surface area contributed by atoms with Crippen molar-refractivity contribution in [2.75, 3.05) is 0 Å².